The molecule has 0 aliphatic carbocycles. The van der Waals surface area contributed by atoms with E-state index in [1.54, 1.807) is 0 Å². The van der Waals surface area contributed by atoms with E-state index in [0.29, 0.717) is 4.47 Å². The zero-order valence-corrected chi connectivity index (χ0v) is 10.7. The summed E-state index contributed by atoms with van der Waals surface area (Å²) in [6.07, 6.45) is 0. The molecule has 0 unspecified atom stereocenters. The largest absolute Gasteiger partial charge is 0.319 e. The van der Waals surface area contributed by atoms with Gasteiger partial charge in [-0.3, -0.25) is 4.79 Å². The Morgan fingerprint density at radius 2 is 1.72 bits per heavy atom. The minimum absolute atomic E-state index is 0.0682. The van der Waals surface area contributed by atoms with Crippen molar-refractivity contribution in [1.29, 1.82) is 0 Å². The molecule has 0 radical (unpaired) electrons. The summed E-state index contributed by atoms with van der Waals surface area (Å²) in [5.74, 6) is -1.46. The number of halogens is 3. The Morgan fingerprint density at radius 1 is 1.06 bits per heavy atom. The number of carbonyl (C=O) groups excluding carboxylic acids is 1. The van der Waals surface area contributed by atoms with Crippen LogP contribution < -0.4 is 5.32 Å². The van der Waals surface area contributed by atoms with E-state index < -0.39 is 17.5 Å². The molecular weight excluding hydrogens is 304 g/mol. The number of rotatable bonds is 2. The van der Waals surface area contributed by atoms with Gasteiger partial charge in [0.25, 0.3) is 5.91 Å². The molecule has 1 amide bonds. The third-order valence-electron chi connectivity index (χ3n) is 2.28. The molecule has 0 bridgehead atoms. The van der Waals surface area contributed by atoms with Gasteiger partial charge in [-0.15, -0.1) is 0 Å². The Labute approximate surface area is 111 Å². The lowest BCUT2D eigenvalue weighted by atomic mass is 10.2. The van der Waals surface area contributed by atoms with Crippen molar-refractivity contribution >= 4 is 27.5 Å². The van der Waals surface area contributed by atoms with Gasteiger partial charge in [0.15, 0.2) is 0 Å². The van der Waals surface area contributed by atoms with Crippen molar-refractivity contribution in [1.82, 2.24) is 0 Å². The summed E-state index contributed by atoms with van der Waals surface area (Å²) in [5, 5.41) is 2.42. The van der Waals surface area contributed by atoms with Crippen LogP contribution in [0.4, 0.5) is 14.5 Å². The molecule has 2 aromatic rings. The van der Waals surface area contributed by atoms with Crippen LogP contribution in [-0.4, -0.2) is 5.91 Å². The standard InChI is InChI=1S/C13H8BrF2NO/c14-9-3-6-11(16)12(7-9)17-13(18)8-1-4-10(15)5-2-8/h1-7H,(H,17,18). The van der Waals surface area contributed by atoms with Crippen molar-refractivity contribution in [3.63, 3.8) is 0 Å². The fourth-order valence-electron chi connectivity index (χ4n) is 1.39. The Bertz CT molecular complexity index is 584. The van der Waals surface area contributed by atoms with E-state index in [4.69, 9.17) is 0 Å². The topological polar surface area (TPSA) is 29.1 Å². The summed E-state index contributed by atoms with van der Waals surface area (Å²) in [6, 6.07) is 9.24. The first kappa shape index (κ1) is 12.7. The molecule has 2 rings (SSSR count). The second-order valence-corrected chi connectivity index (χ2v) is 4.50. The molecule has 0 fully saturated rings. The number of hydrogen-bond donors (Lipinski definition) is 1. The number of amides is 1. The zero-order valence-electron chi connectivity index (χ0n) is 9.08. The highest BCUT2D eigenvalue weighted by Crippen LogP contribution is 2.20. The number of carbonyl (C=O) groups is 1. The van der Waals surface area contributed by atoms with Gasteiger partial charge < -0.3 is 5.32 Å². The van der Waals surface area contributed by atoms with Gasteiger partial charge in [0.1, 0.15) is 11.6 Å². The molecule has 0 aliphatic heterocycles. The van der Waals surface area contributed by atoms with E-state index in [1.807, 2.05) is 0 Å². The Balaban J connectivity index is 2.21. The van der Waals surface area contributed by atoms with Gasteiger partial charge in [0.2, 0.25) is 0 Å². The van der Waals surface area contributed by atoms with E-state index >= 15 is 0 Å². The van der Waals surface area contributed by atoms with Crippen LogP contribution in [0.1, 0.15) is 10.4 Å². The van der Waals surface area contributed by atoms with Crippen LogP contribution in [0.5, 0.6) is 0 Å². The predicted molar refractivity (Wildman–Crippen MR) is 68.5 cm³/mol. The molecule has 1 N–H and O–H groups in total. The van der Waals surface area contributed by atoms with E-state index in [2.05, 4.69) is 21.2 Å². The number of anilines is 1. The van der Waals surface area contributed by atoms with Crippen LogP contribution >= 0.6 is 15.9 Å². The summed E-state index contributed by atoms with van der Waals surface area (Å²) >= 11 is 3.18. The van der Waals surface area contributed by atoms with Crippen molar-refractivity contribution in [2.24, 2.45) is 0 Å². The Morgan fingerprint density at radius 3 is 2.39 bits per heavy atom. The Kier molecular flexibility index (Phi) is 3.72. The minimum atomic E-state index is -0.534. The highest BCUT2D eigenvalue weighted by atomic mass is 79.9. The minimum Gasteiger partial charge on any atom is -0.319 e. The molecule has 0 aromatic heterocycles. The number of hydrogen-bond acceptors (Lipinski definition) is 1. The van der Waals surface area contributed by atoms with E-state index in [0.717, 1.165) is 0 Å². The Hall–Kier alpha value is -1.75. The molecule has 18 heavy (non-hydrogen) atoms. The average Bonchev–Trinajstić information content (AvgIpc) is 2.34. The van der Waals surface area contributed by atoms with Crippen LogP contribution in [0.15, 0.2) is 46.9 Å². The lowest BCUT2D eigenvalue weighted by Crippen LogP contribution is -2.12. The maximum Gasteiger partial charge on any atom is 0.255 e. The first-order chi connectivity index (χ1) is 8.56. The van der Waals surface area contributed by atoms with Crippen LogP contribution in [0.2, 0.25) is 0 Å². The van der Waals surface area contributed by atoms with Gasteiger partial charge in [-0.2, -0.15) is 0 Å². The molecule has 0 spiro atoms. The monoisotopic (exact) mass is 311 g/mol. The van der Waals surface area contributed by atoms with Gasteiger partial charge in [0, 0.05) is 10.0 Å². The molecule has 92 valence electrons. The van der Waals surface area contributed by atoms with E-state index in [-0.39, 0.29) is 11.3 Å². The lowest BCUT2D eigenvalue weighted by molar-refractivity contribution is 0.102. The number of nitrogens with one attached hydrogen (secondary N) is 1. The lowest BCUT2D eigenvalue weighted by Gasteiger charge is -2.06. The van der Waals surface area contributed by atoms with E-state index in [9.17, 15) is 13.6 Å². The van der Waals surface area contributed by atoms with Gasteiger partial charge in [-0.05, 0) is 42.5 Å². The first-order valence-corrected chi connectivity index (χ1v) is 5.87. The molecule has 2 aromatic carbocycles. The maximum atomic E-state index is 13.4. The molecule has 0 aliphatic rings. The SMILES string of the molecule is O=C(Nc1cc(Br)ccc1F)c1ccc(F)cc1. The first-order valence-electron chi connectivity index (χ1n) is 5.08. The molecule has 2 nitrogen and oxygen atoms in total. The third kappa shape index (κ3) is 2.92. The normalized spacial score (nSPS) is 10.2. The fraction of sp³-hybridized carbons (Fsp3) is 0. The van der Waals surface area contributed by atoms with E-state index in [1.165, 1.54) is 42.5 Å². The van der Waals surface area contributed by atoms with Gasteiger partial charge in [-0.25, -0.2) is 8.78 Å². The zero-order chi connectivity index (χ0) is 13.1. The highest BCUT2D eigenvalue weighted by molar-refractivity contribution is 9.10. The van der Waals surface area contributed by atoms with Crippen LogP contribution in [0.25, 0.3) is 0 Å². The maximum absolute atomic E-state index is 13.4. The molecular formula is C13H8BrF2NO. The summed E-state index contributed by atoms with van der Waals surface area (Å²) in [5.41, 5.74) is 0.328. The number of benzene rings is 2. The van der Waals surface area contributed by atoms with Gasteiger partial charge in [-0.1, -0.05) is 15.9 Å². The quantitative estimate of drug-likeness (QED) is 0.893. The van der Waals surface area contributed by atoms with Crippen LogP contribution in [0, 0.1) is 11.6 Å². The van der Waals surface area contributed by atoms with Gasteiger partial charge >= 0.3 is 0 Å². The van der Waals surface area contributed by atoms with Crippen molar-refractivity contribution in [2.45, 2.75) is 0 Å². The van der Waals surface area contributed by atoms with Crippen molar-refractivity contribution < 1.29 is 13.6 Å². The molecule has 5 heteroatoms. The third-order valence-corrected chi connectivity index (χ3v) is 2.78. The summed E-state index contributed by atoms with van der Waals surface area (Å²) in [7, 11) is 0. The molecule has 0 saturated carbocycles. The molecule has 0 heterocycles. The fourth-order valence-corrected chi connectivity index (χ4v) is 1.75. The highest BCUT2D eigenvalue weighted by Gasteiger charge is 2.09. The van der Waals surface area contributed by atoms with Gasteiger partial charge in [0.05, 0.1) is 5.69 Å². The average molecular weight is 312 g/mol. The molecule has 0 atom stereocenters. The summed E-state index contributed by atoms with van der Waals surface area (Å²) in [6.45, 7) is 0. The van der Waals surface area contributed by atoms with Crippen LogP contribution in [-0.2, 0) is 0 Å². The van der Waals surface area contributed by atoms with Crippen LogP contribution in [0.3, 0.4) is 0 Å². The van der Waals surface area contributed by atoms with Crippen molar-refractivity contribution in [3.8, 4) is 0 Å². The smallest absolute Gasteiger partial charge is 0.255 e. The predicted octanol–water partition coefficient (Wildman–Crippen LogP) is 3.98. The molecule has 0 saturated heterocycles. The summed E-state index contributed by atoms with van der Waals surface area (Å²) in [4.78, 5) is 11.8. The second-order valence-electron chi connectivity index (χ2n) is 3.59. The second kappa shape index (κ2) is 5.27. The summed E-state index contributed by atoms with van der Waals surface area (Å²) < 4.78 is 26.8. The van der Waals surface area contributed by atoms with Crippen molar-refractivity contribution in [2.75, 3.05) is 5.32 Å². The van der Waals surface area contributed by atoms with Crippen molar-refractivity contribution in [3.05, 3.63) is 64.1 Å².